The molecule has 2 radical (unpaired) electrons. The van der Waals surface area contributed by atoms with Crippen LogP contribution in [0.1, 0.15) is 25.7 Å². The second-order valence-corrected chi connectivity index (χ2v) is 8.17. The number of hydrogen-bond acceptors (Lipinski definition) is 4. The Bertz CT molecular complexity index is 346. The van der Waals surface area contributed by atoms with E-state index in [1.54, 1.807) is 0 Å². The number of hydrogen-bond donors (Lipinski definition) is 2. The number of unbranched alkanes of at least 4 members (excludes halogenated alkanes) is 3. The van der Waals surface area contributed by atoms with Crippen molar-refractivity contribution in [3.05, 3.63) is 0 Å². The number of rotatable bonds is 7. The summed E-state index contributed by atoms with van der Waals surface area (Å²) in [6.45, 7) is 0. The van der Waals surface area contributed by atoms with Gasteiger partial charge in [0.2, 0.25) is 18.5 Å². The molecule has 0 amide bonds. The van der Waals surface area contributed by atoms with Gasteiger partial charge in [-0.1, -0.05) is 33.5 Å². The summed E-state index contributed by atoms with van der Waals surface area (Å²) in [4.78, 5) is 0. The minimum absolute atomic E-state index is 0. The fraction of sp³-hybridized carbons (Fsp3) is 1.00. The van der Waals surface area contributed by atoms with E-state index in [2.05, 4.69) is 0 Å². The second kappa shape index (κ2) is 20.6. The standard InChI is InChI=1S/C6H14O4S4.2Na.H2O/c7-13(8)11-5-3-1-2-4-6-12-14(9)10;;;/h11-12H,1-6H2;;;1H2. The molecule has 0 aromatic carbocycles. The van der Waals surface area contributed by atoms with E-state index in [0.29, 0.717) is 32.1 Å². The predicted octanol–water partition coefficient (Wildman–Crippen LogP) is -1.82. The van der Waals surface area contributed by atoms with Gasteiger partial charge in [-0.25, -0.2) is 0 Å². The Kier molecular flexibility index (Phi) is 33.5. The zero-order valence-electron chi connectivity index (χ0n) is 10.1. The van der Waals surface area contributed by atoms with Gasteiger partial charge in [0.25, 0.3) is 0 Å². The molecule has 2 N–H and O–H groups in total. The van der Waals surface area contributed by atoms with E-state index in [0.717, 1.165) is 25.7 Å². The first-order valence-electron chi connectivity index (χ1n) is 4.16. The third-order valence-corrected chi connectivity index (χ3v) is 5.24. The maximum absolute atomic E-state index is 10.1. The van der Waals surface area contributed by atoms with Crippen molar-refractivity contribution < 1.29 is 22.3 Å². The van der Waals surface area contributed by atoms with Crippen molar-refractivity contribution in [3.8, 4) is 0 Å². The molecule has 0 aliphatic heterocycles. The van der Waals surface area contributed by atoms with Gasteiger partial charge in [-0.05, 0) is 24.3 Å². The van der Waals surface area contributed by atoms with Gasteiger partial charge in [0.1, 0.15) is 0 Å². The van der Waals surface area contributed by atoms with Crippen LogP contribution in [0.4, 0.5) is 0 Å². The van der Waals surface area contributed by atoms with Crippen molar-refractivity contribution >= 4 is 98.3 Å². The average molecular weight is 342 g/mol. The summed E-state index contributed by atoms with van der Waals surface area (Å²) in [7, 11) is -2.95. The van der Waals surface area contributed by atoms with Crippen LogP contribution in [0.5, 0.6) is 0 Å². The van der Waals surface area contributed by atoms with Gasteiger partial charge in [0.05, 0.1) is 0 Å². The average Bonchev–Trinajstić information content (AvgIpc) is 2.08. The molecule has 0 spiro atoms. The van der Waals surface area contributed by atoms with Crippen molar-refractivity contribution in [2.45, 2.75) is 25.7 Å². The summed E-state index contributed by atoms with van der Waals surface area (Å²) < 4.78 is 40.5. The molecule has 0 fully saturated rings. The van der Waals surface area contributed by atoms with Crippen molar-refractivity contribution in [1.29, 1.82) is 0 Å². The van der Waals surface area contributed by atoms with E-state index >= 15 is 0 Å². The van der Waals surface area contributed by atoms with Gasteiger partial charge in [-0.2, -0.15) is 16.8 Å². The van der Waals surface area contributed by atoms with E-state index in [-0.39, 0.29) is 64.6 Å². The van der Waals surface area contributed by atoms with Gasteiger partial charge in [0.15, 0.2) is 0 Å². The quantitative estimate of drug-likeness (QED) is 0.323. The number of thiol groups is 2. The SMILES string of the molecule is O.O=S(=O)=[SH]CCCCCC[SH]=S(=O)=O.[Na].[Na]. The van der Waals surface area contributed by atoms with Crippen LogP contribution in [0.3, 0.4) is 0 Å². The minimum Gasteiger partial charge on any atom is -0.412 e. The van der Waals surface area contributed by atoms with Crippen molar-refractivity contribution in [1.82, 2.24) is 0 Å². The third kappa shape index (κ3) is 27.5. The third-order valence-electron chi connectivity index (χ3n) is 1.46. The summed E-state index contributed by atoms with van der Waals surface area (Å²) in [6, 6.07) is 0. The molecular formula is C6H16Na2O5S4. The first kappa shape index (κ1) is 27.6. The van der Waals surface area contributed by atoms with Crippen LogP contribution in [0.25, 0.3) is 0 Å². The minimum atomic E-state index is -1.94. The molecular weight excluding hydrogens is 326 g/mol. The monoisotopic (exact) mass is 342 g/mol. The Hall–Kier alpha value is 2.30. The fourth-order valence-corrected chi connectivity index (χ4v) is 3.53. The molecule has 0 aromatic rings. The van der Waals surface area contributed by atoms with Crippen LogP contribution >= 0.6 is 0 Å². The van der Waals surface area contributed by atoms with Crippen LogP contribution in [0.2, 0.25) is 0 Å². The zero-order chi connectivity index (χ0) is 10.8. The first-order valence-corrected chi connectivity index (χ1v) is 9.68. The Morgan fingerprint density at radius 2 is 0.941 bits per heavy atom. The molecule has 0 aliphatic carbocycles. The second-order valence-electron chi connectivity index (χ2n) is 2.55. The Balaban J connectivity index is -0.000000282. The van der Waals surface area contributed by atoms with Crippen LogP contribution in [-0.2, 0) is 39.2 Å². The summed E-state index contributed by atoms with van der Waals surface area (Å²) >= 11 is 0. The van der Waals surface area contributed by atoms with Crippen LogP contribution < -0.4 is 0 Å². The molecule has 0 unspecified atom stereocenters. The topological polar surface area (TPSA) is 99.8 Å². The van der Waals surface area contributed by atoms with Gasteiger partial charge in [-0.3, -0.25) is 0 Å². The van der Waals surface area contributed by atoms with Gasteiger partial charge >= 0.3 is 0 Å². The Labute approximate surface area is 155 Å². The Morgan fingerprint density at radius 3 is 1.18 bits per heavy atom. The molecule has 0 heterocycles. The van der Waals surface area contributed by atoms with E-state index in [9.17, 15) is 16.8 Å². The molecule has 0 rings (SSSR count). The van der Waals surface area contributed by atoms with Crippen LogP contribution in [-0.4, -0.2) is 92.9 Å². The first-order chi connectivity index (χ1) is 6.63. The van der Waals surface area contributed by atoms with Crippen molar-refractivity contribution in [3.63, 3.8) is 0 Å². The molecule has 96 valence electrons. The van der Waals surface area contributed by atoms with Gasteiger partial charge in [-0.15, -0.1) is 0 Å². The Morgan fingerprint density at radius 1 is 0.647 bits per heavy atom. The maximum Gasteiger partial charge on any atom is 0.237 e. The smallest absolute Gasteiger partial charge is 0.237 e. The van der Waals surface area contributed by atoms with Crippen LogP contribution in [0, 0.1) is 0 Å². The summed E-state index contributed by atoms with van der Waals surface area (Å²) in [5.41, 5.74) is 0. The molecule has 0 saturated carbocycles. The van der Waals surface area contributed by atoms with Crippen molar-refractivity contribution in [2.75, 3.05) is 11.5 Å². The largest absolute Gasteiger partial charge is 0.412 e. The summed E-state index contributed by atoms with van der Waals surface area (Å²) in [5, 5.41) is 0. The normalized spacial score (nSPS) is 8.24. The molecule has 0 atom stereocenters. The van der Waals surface area contributed by atoms with Crippen LogP contribution in [0.15, 0.2) is 0 Å². The van der Waals surface area contributed by atoms with Gasteiger partial charge < -0.3 is 5.48 Å². The molecule has 0 aromatic heterocycles. The molecule has 0 saturated heterocycles. The summed E-state index contributed by atoms with van der Waals surface area (Å²) in [5.74, 6) is 1.36. The van der Waals surface area contributed by atoms with E-state index < -0.39 is 18.5 Å². The molecule has 0 bridgehead atoms. The molecule has 11 heteroatoms. The van der Waals surface area contributed by atoms with Gasteiger partial charge in [0, 0.05) is 59.1 Å². The van der Waals surface area contributed by atoms with Crippen molar-refractivity contribution in [2.24, 2.45) is 0 Å². The predicted molar refractivity (Wildman–Crippen MR) is 78.7 cm³/mol. The fourth-order valence-electron chi connectivity index (χ4n) is 0.855. The van der Waals surface area contributed by atoms with E-state index in [4.69, 9.17) is 0 Å². The van der Waals surface area contributed by atoms with E-state index in [1.807, 2.05) is 0 Å². The maximum atomic E-state index is 10.1. The zero-order valence-corrected chi connectivity index (χ0v) is 17.5. The van der Waals surface area contributed by atoms with E-state index in [1.165, 1.54) is 0 Å². The molecule has 5 nitrogen and oxygen atoms in total. The summed E-state index contributed by atoms with van der Waals surface area (Å²) in [6.07, 6.45) is 3.75. The molecule has 0 aliphatic rings. The molecule has 17 heavy (non-hydrogen) atoms.